The van der Waals surface area contributed by atoms with Gasteiger partial charge in [0.15, 0.2) is 0 Å². The van der Waals surface area contributed by atoms with Crippen LogP contribution in [0.25, 0.3) is 22.4 Å². The molecule has 1 fully saturated rings. The van der Waals surface area contributed by atoms with E-state index < -0.39 is 0 Å². The number of nitrogens with zero attached hydrogens (tertiary/aromatic N) is 2. The summed E-state index contributed by atoms with van der Waals surface area (Å²) in [5.74, 6) is 0.983. The van der Waals surface area contributed by atoms with Crippen LogP contribution in [0.15, 0.2) is 42.5 Å². The summed E-state index contributed by atoms with van der Waals surface area (Å²) in [5, 5.41) is 0.749. The van der Waals surface area contributed by atoms with Crippen LogP contribution in [0.3, 0.4) is 0 Å². The summed E-state index contributed by atoms with van der Waals surface area (Å²) < 4.78 is 2.30. The van der Waals surface area contributed by atoms with Crippen molar-refractivity contribution in [2.24, 2.45) is 0 Å². The molecule has 4 heteroatoms. The Morgan fingerprint density at radius 2 is 2.00 bits per heavy atom. The van der Waals surface area contributed by atoms with E-state index in [9.17, 15) is 0 Å². The number of benzene rings is 2. The smallest absolute Gasteiger partial charge is 0.141 e. The molecule has 4 rings (SSSR count). The second kappa shape index (κ2) is 4.25. The van der Waals surface area contributed by atoms with Crippen LogP contribution >= 0.6 is 11.6 Å². The van der Waals surface area contributed by atoms with E-state index in [1.165, 1.54) is 12.8 Å². The van der Waals surface area contributed by atoms with E-state index >= 15 is 0 Å². The Kier molecular flexibility index (Phi) is 2.51. The highest BCUT2D eigenvalue weighted by Crippen LogP contribution is 2.41. The standard InChI is InChI=1S/C16H14ClN3/c17-11-4-7-14-15(9-11)20(13-5-6-13)16(19-14)10-2-1-3-12(18)8-10/h1-4,7-9,13H,5-6,18H2. The molecule has 0 bridgehead atoms. The summed E-state index contributed by atoms with van der Waals surface area (Å²) in [5.41, 5.74) is 9.81. The maximum absolute atomic E-state index is 6.14. The van der Waals surface area contributed by atoms with Crippen LogP contribution in [0.1, 0.15) is 18.9 Å². The average Bonchev–Trinajstić information content (AvgIpc) is 3.19. The molecule has 1 aromatic heterocycles. The minimum absolute atomic E-state index is 0.537. The largest absolute Gasteiger partial charge is 0.399 e. The molecule has 1 aliphatic carbocycles. The Balaban J connectivity index is 2.01. The highest BCUT2D eigenvalue weighted by molar-refractivity contribution is 6.31. The molecule has 3 aromatic rings. The van der Waals surface area contributed by atoms with Crippen LogP contribution in [0.4, 0.5) is 5.69 Å². The van der Waals surface area contributed by atoms with Crippen molar-refractivity contribution in [1.82, 2.24) is 9.55 Å². The fourth-order valence-corrected chi connectivity index (χ4v) is 2.82. The number of halogens is 1. The molecule has 100 valence electrons. The zero-order valence-corrected chi connectivity index (χ0v) is 11.6. The second-order valence-electron chi connectivity index (χ2n) is 5.30. The summed E-state index contributed by atoms with van der Waals surface area (Å²) in [6.07, 6.45) is 2.40. The maximum Gasteiger partial charge on any atom is 0.141 e. The van der Waals surface area contributed by atoms with Gasteiger partial charge in [0.2, 0.25) is 0 Å². The van der Waals surface area contributed by atoms with Crippen molar-refractivity contribution < 1.29 is 0 Å². The van der Waals surface area contributed by atoms with E-state index in [4.69, 9.17) is 22.3 Å². The van der Waals surface area contributed by atoms with Gasteiger partial charge in [-0.2, -0.15) is 0 Å². The Hall–Kier alpha value is -2.00. The Bertz CT molecular complexity index is 803. The number of nitrogen functional groups attached to an aromatic ring is 1. The minimum atomic E-state index is 0.537. The number of anilines is 1. The van der Waals surface area contributed by atoms with Crippen LogP contribution in [0, 0.1) is 0 Å². The van der Waals surface area contributed by atoms with E-state index in [-0.39, 0.29) is 0 Å². The van der Waals surface area contributed by atoms with E-state index in [1.807, 2.05) is 36.4 Å². The van der Waals surface area contributed by atoms with E-state index in [1.54, 1.807) is 0 Å². The Morgan fingerprint density at radius 3 is 2.75 bits per heavy atom. The highest BCUT2D eigenvalue weighted by atomic mass is 35.5. The van der Waals surface area contributed by atoms with Gasteiger partial charge < -0.3 is 10.3 Å². The first-order valence-corrected chi connectivity index (χ1v) is 7.13. The number of rotatable bonds is 2. The van der Waals surface area contributed by atoms with Crippen LogP contribution in [-0.4, -0.2) is 9.55 Å². The molecular formula is C16H14ClN3. The molecule has 0 aliphatic heterocycles. The number of imidazole rings is 1. The summed E-state index contributed by atoms with van der Waals surface area (Å²) in [7, 11) is 0. The molecule has 0 spiro atoms. The van der Waals surface area contributed by atoms with Crippen molar-refractivity contribution in [2.75, 3.05) is 5.73 Å². The molecule has 1 heterocycles. The molecule has 0 atom stereocenters. The number of hydrogen-bond donors (Lipinski definition) is 1. The lowest BCUT2D eigenvalue weighted by Crippen LogP contribution is -1.97. The highest BCUT2D eigenvalue weighted by Gasteiger charge is 2.28. The lowest BCUT2D eigenvalue weighted by atomic mass is 10.2. The Labute approximate surface area is 122 Å². The number of fused-ring (bicyclic) bond motifs is 1. The molecule has 2 N–H and O–H groups in total. The predicted octanol–water partition coefficient (Wildman–Crippen LogP) is 4.27. The zero-order valence-electron chi connectivity index (χ0n) is 10.9. The molecule has 0 radical (unpaired) electrons. The quantitative estimate of drug-likeness (QED) is 0.714. The van der Waals surface area contributed by atoms with Gasteiger partial charge in [-0.1, -0.05) is 23.7 Å². The lowest BCUT2D eigenvalue weighted by molar-refractivity contribution is 0.775. The molecular weight excluding hydrogens is 270 g/mol. The number of hydrogen-bond acceptors (Lipinski definition) is 2. The third-order valence-corrected chi connectivity index (χ3v) is 3.94. The van der Waals surface area contributed by atoms with Crippen molar-refractivity contribution in [1.29, 1.82) is 0 Å². The number of nitrogens with two attached hydrogens (primary N) is 1. The van der Waals surface area contributed by atoms with E-state index in [0.717, 1.165) is 33.1 Å². The van der Waals surface area contributed by atoms with Gasteiger partial charge in [-0.25, -0.2) is 4.98 Å². The molecule has 0 saturated heterocycles. The van der Waals surface area contributed by atoms with Gasteiger partial charge in [-0.3, -0.25) is 0 Å². The van der Waals surface area contributed by atoms with Gasteiger partial charge in [-0.05, 0) is 43.2 Å². The first kappa shape index (κ1) is 11.8. The zero-order chi connectivity index (χ0) is 13.7. The normalized spacial score (nSPS) is 14.8. The fourth-order valence-electron chi connectivity index (χ4n) is 2.65. The molecule has 1 saturated carbocycles. The van der Waals surface area contributed by atoms with Crippen molar-refractivity contribution in [3.8, 4) is 11.4 Å². The van der Waals surface area contributed by atoms with Gasteiger partial charge in [0.05, 0.1) is 11.0 Å². The van der Waals surface area contributed by atoms with Crippen LogP contribution in [0.2, 0.25) is 5.02 Å². The van der Waals surface area contributed by atoms with E-state index in [2.05, 4.69) is 10.6 Å². The summed E-state index contributed by atoms with van der Waals surface area (Å²) >= 11 is 6.14. The van der Waals surface area contributed by atoms with Gasteiger partial charge in [0, 0.05) is 22.3 Å². The fraction of sp³-hybridized carbons (Fsp3) is 0.188. The summed E-state index contributed by atoms with van der Waals surface area (Å²) in [6.45, 7) is 0. The van der Waals surface area contributed by atoms with Gasteiger partial charge in [0.25, 0.3) is 0 Å². The van der Waals surface area contributed by atoms with Crippen LogP contribution < -0.4 is 5.73 Å². The Morgan fingerprint density at radius 1 is 1.15 bits per heavy atom. The molecule has 0 unspecified atom stereocenters. The van der Waals surface area contributed by atoms with Gasteiger partial charge >= 0.3 is 0 Å². The van der Waals surface area contributed by atoms with Crippen molar-refractivity contribution in [2.45, 2.75) is 18.9 Å². The van der Waals surface area contributed by atoms with Crippen molar-refractivity contribution in [3.63, 3.8) is 0 Å². The van der Waals surface area contributed by atoms with E-state index in [0.29, 0.717) is 6.04 Å². The average molecular weight is 284 g/mol. The lowest BCUT2D eigenvalue weighted by Gasteiger charge is -2.08. The number of aromatic nitrogens is 2. The molecule has 3 nitrogen and oxygen atoms in total. The van der Waals surface area contributed by atoms with Crippen LogP contribution in [-0.2, 0) is 0 Å². The minimum Gasteiger partial charge on any atom is -0.399 e. The summed E-state index contributed by atoms with van der Waals surface area (Å²) in [6, 6.07) is 14.3. The summed E-state index contributed by atoms with van der Waals surface area (Å²) in [4.78, 5) is 4.78. The third-order valence-electron chi connectivity index (χ3n) is 3.71. The third kappa shape index (κ3) is 1.86. The van der Waals surface area contributed by atoms with Gasteiger partial charge in [0.1, 0.15) is 5.82 Å². The maximum atomic E-state index is 6.14. The second-order valence-corrected chi connectivity index (χ2v) is 5.73. The van der Waals surface area contributed by atoms with Crippen LogP contribution in [0.5, 0.6) is 0 Å². The predicted molar refractivity (Wildman–Crippen MR) is 82.9 cm³/mol. The van der Waals surface area contributed by atoms with Crippen molar-refractivity contribution >= 4 is 28.3 Å². The first-order valence-electron chi connectivity index (χ1n) is 6.76. The molecule has 0 amide bonds. The molecule has 1 aliphatic rings. The molecule has 2 aromatic carbocycles. The van der Waals surface area contributed by atoms with Gasteiger partial charge in [-0.15, -0.1) is 0 Å². The molecule has 20 heavy (non-hydrogen) atoms. The first-order chi connectivity index (χ1) is 9.72. The SMILES string of the molecule is Nc1cccc(-c2nc3ccc(Cl)cc3n2C2CC2)c1. The monoisotopic (exact) mass is 283 g/mol. The van der Waals surface area contributed by atoms with Crippen molar-refractivity contribution in [3.05, 3.63) is 47.5 Å². The topological polar surface area (TPSA) is 43.8 Å².